The van der Waals surface area contributed by atoms with Gasteiger partial charge < -0.3 is 16.2 Å². The lowest BCUT2D eigenvalue weighted by molar-refractivity contribution is -0.136. The first kappa shape index (κ1) is 12.1. The molecule has 8 heteroatoms. The van der Waals surface area contributed by atoms with E-state index in [1.807, 2.05) is 0 Å². The molecule has 1 aromatic rings. The Kier molecular flexibility index (Phi) is 4.40. The van der Waals surface area contributed by atoms with Crippen molar-refractivity contribution >= 4 is 11.9 Å². The number of hydrogen-bond acceptors (Lipinski definition) is 5. The van der Waals surface area contributed by atoms with Gasteiger partial charge in [0, 0.05) is 13.1 Å². The number of carbonyl (C=O) groups excluding carboxylic acids is 1. The molecular weight excluding hydrogens is 214 g/mol. The zero-order chi connectivity index (χ0) is 12.0. The quantitative estimate of drug-likeness (QED) is 0.533. The molecule has 0 aliphatic heterocycles. The lowest BCUT2D eigenvalue weighted by atomic mass is 10.4. The molecule has 0 unspecified atom stereocenters. The molecule has 0 saturated carbocycles. The summed E-state index contributed by atoms with van der Waals surface area (Å²) in [5, 5.41) is 18.2. The zero-order valence-electron chi connectivity index (χ0n) is 8.59. The van der Waals surface area contributed by atoms with Crippen LogP contribution in [-0.4, -0.2) is 38.5 Å². The van der Waals surface area contributed by atoms with Crippen molar-refractivity contribution in [2.75, 3.05) is 6.54 Å². The molecule has 0 aromatic carbocycles. The highest BCUT2D eigenvalue weighted by molar-refractivity contribution is 5.76. The van der Waals surface area contributed by atoms with Crippen LogP contribution in [-0.2, 0) is 22.7 Å². The third-order valence-corrected chi connectivity index (χ3v) is 1.76. The van der Waals surface area contributed by atoms with Gasteiger partial charge in [0.1, 0.15) is 6.54 Å². The molecule has 0 fully saturated rings. The van der Waals surface area contributed by atoms with Crippen molar-refractivity contribution in [3.8, 4) is 0 Å². The van der Waals surface area contributed by atoms with E-state index < -0.39 is 5.97 Å². The molecule has 0 atom stereocenters. The molecule has 0 bridgehead atoms. The molecule has 1 amide bonds. The molecule has 0 radical (unpaired) electrons. The fraction of sp³-hybridized carbons (Fsp3) is 0.500. The number of nitrogens with one attached hydrogen (secondary N) is 1. The van der Waals surface area contributed by atoms with Crippen molar-refractivity contribution in [2.24, 2.45) is 5.73 Å². The Labute approximate surface area is 91.4 Å². The number of carboxylic acids is 1. The Hall–Kier alpha value is -1.96. The van der Waals surface area contributed by atoms with Gasteiger partial charge in [-0.2, -0.15) is 0 Å². The second-order valence-corrected chi connectivity index (χ2v) is 3.11. The van der Waals surface area contributed by atoms with Crippen molar-refractivity contribution in [2.45, 2.75) is 19.5 Å². The third-order valence-electron chi connectivity index (χ3n) is 1.76. The molecule has 1 heterocycles. The summed E-state index contributed by atoms with van der Waals surface area (Å²) in [6.07, 6.45) is 1.47. The highest BCUT2D eigenvalue weighted by Gasteiger charge is 2.05. The Morgan fingerprint density at radius 3 is 2.88 bits per heavy atom. The summed E-state index contributed by atoms with van der Waals surface area (Å²) in [6.45, 7) is 0.375. The van der Waals surface area contributed by atoms with Crippen molar-refractivity contribution in [3.05, 3.63) is 11.9 Å². The van der Waals surface area contributed by atoms with Gasteiger partial charge in [0.15, 0.2) is 0 Å². The van der Waals surface area contributed by atoms with Crippen LogP contribution in [0.1, 0.15) is 12.1 Å². The van der Waals surface area contributed by atoms with Gasteiger partial charge in [-0.3, -0.25) is 9.59 Å². The van der Waals surface area contributed by atoms with E-state index in [1.54, 1.807) is 6.20 Å². The number of carboxylic acid groups (broad SMARTS) is 1. The minimum absolute atomic E-state index is 0.00657. The monoisotopic (exact) mass is 227 g/mol. The fourth-order valence-electron chi connectivity index (χ4n) is 1.02. The zero-order valence-corrected chi connectivity index (χ0v) is 8.59. The highest BCUT2D eigenvalue weighted by Crippen LogP contribution is 1.90. The number of aliphatic carboxylic acids is 1. The molecule has 0 aliphatic rings. The van der Waals surface area contributed by atoms with E-state index in [-0.39, 0.29) is 32.0 Å². The number of amides is 1. The molecule has 88 valence electrons. The smallest absolute Gasteiger partial charge is 0.305 e. The van der Waals surface area contributed by atoms with Gasteiger partial charge in [-0.1, -0.05) is 5.21 Å². The minimum atomic E-state index is -0.952. The summed E-state index contributed by atoms with van der Waals surface area (Å²) in [4.78, 5) is 21.5. The third kappa shape index (κ3) is 4.05. The Bertz CT molecular complexity index is 376. The van der Waals surface area contributed by atoms with Crippen LogP contribution >= 0.6 is 0 Å². The Morgan fingerprint density at radius 2 is 2.31 bits per heavy atom. The highest BCUT2D eigenvalue weighted by atomic mass is 16.4. The number of nitrogens with zero attached hydrogens (tertiary/aromatic N) is 3. The molecular formula is C8H13N5O3. The lowest BCUT2D eigenvalue weighted by Gasteiger charge is -2.02. The van der Waals surface area contributed by atoms with E-state index in [0.29, 0.717) is 5.69 Å². The second-order valence-electron chi connectivity index (χ2n) is 3.11. The topological polar surface area (TPSA) is 123 Å². The van der Waals surface area contributed by atoms with Gasteiger partial charge in [-0.25, -0.2) is 4.68 Å². The van der Waals surface area contributed by atoms with Gasteiger partial charge in [-0.05, 0) is 0 Å². The van der Waals surface area contributed by atoms with Crippen LogP contribution in [0.2, 0.25) is 0 Å². The number of hydrogen-bond donors (Lipinski definition) is 3. The molecule has 4 N–H and O–H groups in total. The van der Waals surface area contributed by atoms with Crippen LogP contribution in [0.5, 0.6) is 0 Å². The van der Waals surface area contributed by atoms with Crippen LogP contribution in [0.25, 0.3) is 0 Å². The molecule has 0 spiro atoms. The number of nitrogens with two attached hydrogens (primary N) is 1. The van der Waals surface area contributed by atoms with Crippen LogP contribution in [0.15, 0.2) is 6.20 Å². The largest absolute Gasteiger partial charge is 0.481 e. The maximum Gasteiger partial charge on any atom is 0.305 e. The molecule has 1 rings (SSSR count). The normalized spacial score (nSPS) is 10.1. The summed E-state index contributed by atoms with van der Waals surface area (Å²) in [6, 6.07) is 0. The first-order valence-electron chi connectivity index (χ1n) is 4.69. The van der Waals surface area contributed by atoms with E-state index in [4.69, 9.17) is 10.8 Å². The van der Waals surface area contributed by atoms with Gasteiger partial charge >= 0.3 is 5.97 Å². The van der Waals surface area contributed by atoms with E-state index in [2.05, 4.69) is 15.6 Å². The lowest BCUT2D eigenvalue weighted by Crippen LogP contribution is -2.29. The Balaban J connectivity index is 2.31. The summed E-state index contributed by atoms with van der Waals surface area (Å²) in [5.74, 6) is -1.26. The van der Waals surface area contributed by atoms with Gasteiger partial charge in [0.05, 0.1) is 18.3 Å². The number of rotatable bonds is 6. The molecule has 0 saturated heterocycles. The molecule has 0 aliphatic carbocycles. The van der Waals surface area contributed by atoms with E-state index in [0.717, 1.165) is 0 Å². The van der Waals surface area contributed by atoms with E-state index in [9.17, 15) is 9.59 Å². The maximum absolute atomic E-state index is 11.3. The van der Waals surface area contributed by atoms with Crippen LogP contribution in [0.4, 0.5) is 0 Å². The van der Waals surface area contributed by atoms with Crippen molar-refractivity contribution in [1.29, 1.82) is 0 Å². The second kappa shape index (κ2) is 5.81. The average Bonchev–Trinajstić information content (AvgIpc) is 2.65. The Morgan fingerprint density at radius 1 is 1.56 bits per heavy atom. The predicted octanol–water partition coefficient (Wildman–Crippen LogP) is -1.67. The SMILES string of the molecule is NCc1cn(CC(=O)NCCC(=O)O)nn1. The minimum Gasteiger partial charge on any atom is -0.481 e. The maximum atomic E-state index is 11.3. The van der Waals surface area contributed by atoms with Crippen LogP contribution in [0, 0.1) is 0 Å². The molecule has 16 heavy (non-hydrogen) atoms. The number of aromatic nitrogens is 3. The van der Waals surface area contributed by atoms with E-state index >= 15 is 0 Å². The van der Waals surface area contributed by atoms with E-state index in [1.165, 1.54) is 4.68 Å². The molecule has 1 aromatic heterocycles. The van der Waals surface area contributed by atoms with Gasteiger partial charge in [0.25, 0.3) is 0 Å². The fourth-order valence-corrected chi connectivity index (χ4v) is 1.02. The van der Waals surface area contributed by atoms with Crippen molar-refractivity contribution < 1.29 is 14.7 Å². The standard InChI is InChI=1S/C8H13N5O3/c9-3-6-4-13(12-11-6)5-7(14)10-2-1-8(15)16/h4H,1-3,5,9H2,(H,10,14)(H,15,16). The average molecular weight is 227 g/mol. The van der Waals surface area contributed by atoms with Crippen molar-refractivity contribution in [1.82, 2.24) is 20.3 Å². The predicted molar refractivity (Wildman–Crippen MR) is 53.2 cm³/mol. The summed E-state index contributed by atoms with van der Waals surface area (Å²) in [7, 11) is 0. The van der Waals surface area contributed by atoms with Gasteiger partial charge in [0.2, 0.25) is 5.91 Å². The molecule has 8 nitrogen and oxygen atoms in total. The summed E-state index contributed by atoms with van der Waals surface area (Å²) in [5.41, 5.74) is 5.92. The van der Waals surface area contributed by atoms with Crippen LogP contribution < -0.4 is 11.1 Å². The summed E-state index contributed by atoms with van der Waals surface area (Å²) < 4.78 is 1.35. The first-order chi connectivity index (χ1) is 7.61. The number of carbonyl (C=O) groups is 2. The first-order valence-corrected chi connectivity index (χ1v) is 4.69. The van der Waals surface area contributed by atoms with Crippen LogP contribution in [0.3, 0.4) is 0 Å². The summed E-state index contributed by atoms with van der Waals surface area (Å²) >= 11 is 0. The van der Waals surface area contributed by atoms with Gasteiger partial charge in [-0.15, -0.1) is 5.10 Å². The van der Waals surface area contributed by atoms with Crippen molar-refractivity contribution in [3.63, 3.8) is 0 Å².